The number of rotatable bonds is 7. The molecule has 0 fully saturated rings. The van der Waals surface area contributed by atoms with Gasteiger partial charge in [-0.05, 0) is 24.5 Å². The first-order chi connectivity index (χ1) is 8.11. The van der Waals surface area contributed by atoms with Crippen LogP contribution < -0.4 is 10.5 Å². The summed E-state index contributed by atoms with van der Waals surface area (Å²) < 4.78 is 23.9. The first-order valence-corrected chi connectivity index (χ1v) is 5.85. The van der Waals surface area contributed by atoms with Crippen LogP contribution in [0.1, 0.15) is 20.3 Å². The van der Waals surface area contributed by atoms with E-state index in [-0.39, 0.29) is 5.75 Å². The Kier molecular flexibility index (Phi) is 5.77. The summed E-state index contributed by atoms with van der Waals surface area (Å²) in [7, 11) is 0. The van der Waals surface area contributed by atoms with Gasteiger partial charge in [-0.1, -0.05) is 19.9 Å². The Morgan fingerprint density at radius 3 is 2.65 bits per heavy atom. The molecule has 0 aliphatic heterocycles. The lowest BCUT2D eigenvalue weighted by Gasteiger charge is -2.10. The molecule has 3 nitrogen and oxygen atoms in total. The first kappa shape index (κ1) is 13.8. The lowest BCUT2D eigenvalue weighted by Crippen LogP contribution is -2.10. The number of nitrogen functional groups attached to an aromatic ring is 1. The number of hydrogen-bond donors (Lipinski definition) is 1. The lowest BCUT2D eigenvalue weighted by atomic mass is 10.1. The molecule has 0 saturated carbocycles. The largest absolute Gasteiger partial charge is 0.486 e. The van der Waals surface area contributed by atoms with Gasteiger partial charge in [-0.15, -0.1) is 0 Å². The minimum Gasteiger partial charge on any atom is -0.486 e. The second-order valence-electron chi connectivity index (χ2n) is 4.30. The normalized spacial score (nSPS) is 10.8. The van der Waals surface area contributed by atoms with Crippen molar-refractivity contribution in [2.45, 2.75) is 20.3 Å². The van der Waals surface area contributed by atoms with E-state index in [4.69, 9.17) is 15.2 Å². The Morgan fingerprint density at radius 1 is 1.24 bits per heavy atom. The summed E-state index contributed by atoms with van der Waals surface area (Å²) in [6.07, 6.45) is 1.02. The van der Waals surface area contributed by atoms with E-state index in [2.05, 4.69) is 13.8 Å². The molecule has 1 aromatic carbocycles. The Balaban J connectivity index is 2.22. The average molecular weight is 241 g/mol. The van der Waals surface area contributed by atoms with E-state index < -0.39 is 5.82 Å². The van der Waals surface area contributed by atoms with Crippen molar-refractivity contribution in [3.8, 4) is 5.75 Å². The predicted octanol–water partition coefficient (Wildman–Crippen LogP) is 2.85. The summed E-state index contributed by atoms with van der Waals surface area (Å²) in [5.74, 6) is 0.297. The van der Waals surface area contributed by atoms with Gasteiger partial charge in [0.1, 0.15) is 6.61 Å². The van der Waals surface area contributed by atoms with Gasteiger partial charge < -0.3 is 15.2 Å². The van der Waals surface area contributed by atoms with Crippen molar-refractivity contribution in [1.29, 1.82) is 0 Å². The average Bonchev–Trinajstić information content (AvgIpc) is 2.26. The molecule has 0 aliphatic carbocycles. The Labute approximate surface area is 102 Å². The van der Waals surface area contributed by atoms with Gasteiger partial charge in [0.2, 0.25) is 0 Å². The third kappa shape index (κ3) is 5.04. The van der Waals surface area contributed by atoms with E-state index in [1.165, 1.54) is 6.07 Å². The van der Waals surface area contributed by atoms with Crippen molar-refractivity contribution in [1.82, 2.24) is 0 Å². The standard InChI is InChI=1S/C13H20FNO2/c1-10(2)6-7-16-8-9-17-13-11(14)4-3-5-12(13)15/h3-5,10H,6-9,15H2,1-2H3. The second-order valence-corrected chi connectivity index (χ2v) is 4.30. The molecule has 0 atom stereocenters. The first-order valence-electron chi connectivity index (χ1n) is 5.85. The van der Waals surface area contributed by atoms with Crippen molar-refractivity contribution in [3.05, 3.63) is 24.0 Å². The molecular weight excluding hydrogens is 221 g/mol. The van der Waals surface area contributed by atoms with Gasteiger partial charge in [-0.25, -0.2) is 4.39 Å². The second kappa shape index (κ2) is 7.12. The quantitative estimate of drug-likeness (QED) is 0.589. The van der Waals surface area contributed by atoms with Crippen molar-refractivity contribution >= 4 is 5.69 Å². The topological polar surface area (TPSA) is 44.5 Å². The maximum atomic E-state index is 13.3. The number of nitrogens with two attached hydrogens (primary N) is 1. The molecule has 0 radical (unpaired) electrons. The number of anilines is 1. The molecule has 0 bridgehead atoms. The van der Waals surface area contributed by atoms with Gasteiger partial charge in [0.05, 0.1) is 12.3 Å². The Hall–Kier alpha value is -1.29. The fraction of sp³-hybridized carbons (Fsp3) is 0.538. The van der Waals surface area contributed by atoms with Gasteiger partial charge in [0.15, 0.2) is 11.6 Å². The van der Waals surface area contributed by atoms with Crippen LogP contribution in [0.25, 0.3) is 0 Å². The number of halogens is 1. The molecule has 0 heterocycles. The monoisotopic (exact) mass is 241 g/mol. The highest BCUT2D eigenvalue weighted by Gasteiger charge is 2.06. The zero-order chi connectivity index (χ0) is 12.7. The van der Waals surface area contributed by atoms with Crippen molar-refractivity contribution < 1.29 is 13.9 Å². The molecule has 0 saturated heterocycles. The molecule has 0 spiro atoms. The molecule has 4 heteroatoms. The zero-order valence-electron chi connectivity index (χ0n) is 10.4. The molecule has 1 rings (SSSR count). The van der Waals surface area contributed by atoms with Gasteiger partial charge in [-0.3, -0.25) is 0 Å². The lowest BCUT2D eigenvalue weighted by molar-refractivity contribution is 0.0916. The maximum Gasteiger partial charge on any atom is 0.177 e. The minimum absolute atomic E-state index is 0.111. The fourth-order valence-electron chi connectivity index (χ4n) is 1.30. The molecule has 0 unspecified atom stereocenters. The van der Waals surface area contributed by atoms with E-state index in [1.54, 1.807) is 12.1 Å². The zero-order valence-corrected chi connectivity index (χ0v) is 10.4. The fourth-order valence-corrected chi connectivity index (χ4v) is 1.30. The molecular formula is C13H20FNO2. The van der Waals surface area contributed by atoms with Crippen LogP contribution in [0, 0.1) is 11.7 Å². The molecule has 0 aliphatic rings. The summed E-state index contributed by atoms with van der Waals surface area (Å²) in [5, 5.41) is 0. The highest BCUT2D eigenvalue weighted by molar-refractivity contribution is 5.52. The van der Waals surface area contributed by atoms with E-state index >= 15 is 0 Å². The van der Waals surface area contributed by atoms with Crippen LogP contribution in [-0.4, -0.2) is 19.8 Å². The van der Waals surface area contributed by atoms with Crippen molar-refractivity contribution in [2.75, 3.05) is 25.6 Å². The van der Waals surface area contributed by atoms with Crippen LogP contribution in [0.2, 0.25) is 0 Å². The van der Waals surface area contributed by atoms with Gasteiger partial charge >= 0.3 is 0 Å². The highest BCUT2D eigenvalue weighted by Crippen LogP contribution is 2.24. The van der Waals surface area contributed by atoms with Gasteiger partial charge in [0, 0.05) is 6.61 Å². The highest BCUT2D eigenvalue weighted by atomic mass is 19.1. The Bertz CT molecular complexity index is 322. The van der Waals surface area contributed by atoms with E-state index in [9.17, 15) is 4.39 Å². The molecule has 1 aromatic rings. The number of benzene rings is 1. The van der Waals surface area contributed by atoms with E-state index in [0.717, 1.165) is 6.42 Å². The van der Waals surface area contributed by atoms with Crippen LogP contribution in [-0.2, 0) is 4.74 Å². The van der Waals surface area contributed by atoms with Crippen LogP contribution in [0.4, 0.5) is 10.1 Å². The summed E-state index contributed by atoms with van der Waals surface area (Å²) in [6, 6.07) is 4.49. The summed E-state index contributed by atoms with van der Waals surface area (Å²) in [5.41, 5.74) is 5.91. The number of para-hydroxylation sites is 1. The summed E-state index contributed by atoms with van der Waals surface area (Å²) >= 11 is 0. The molecule has 17 heavy (non-hydrogen) atoms. The van der Waals surface area contributed by atoms with E-state index in [1.807, 2.05) is 0 Å². The van der Waals surface area contributed by atoms with Crippen molar-refractivity contribution in [3.63, 3.8) is 0 Å². The molecule has 0 aromatic heterocycles. The van der Waals surface area contributed by atoms with E-state index in [0.29, 0.717) is 31.4 Å². The van der Waals surface area contributed by atoms with Crippen molar-refractivity contribution in [2.24, 2.45) is 5.92 Å². The summed E-state index contributed by atoms with van der Waals surface area (Å²) in [6.45, 7) is 5.73. The maximum absolute atomic E-state index is 13.3. The summed E-state index contributed by atoms with van der Waals surface area (Å²) in [4.78, 5) is 0. The van der Waals surface area contributed by atoms with Crippen LogP contribution in [0.5, 0.6) is 5.75 Å². The third-order valence-electron chi connectivity index (χ3n) is 2.31. The van der Waals surface area contributed by atoms with Gasteiger partial charge in [0.25, 0.3) is 0 Å². The van der Waals surface area contributed by atoms with Crippen LogP contribution >= 0.6 is 0 Å². The molecule has 2 N–H and O–H groups in total. The predicted molar refractivity (Wildman–Crippen MR) is 66.6 cm³/mol. The SMILES string of the molecule is CC(C)CCOCCOc1c(N)cccc1F. The number of hydrogen-bond acceptors (Lipinski definition) is 3. The van der Waals surface area contributed by atoms with Gasteiger partial charge in [-0.2, -0.15) is 0 Å². The Morgan fingerprint density at radius 2 is 2.00 bits per heavy atom. The minimum atomic E-state index is -0.438. The molecule has 0 amide bonds. The van der Waals surface area contributed by atoms with Crippen LogP contribution in [0.3, 0.4) is 0 Å². The smallest absolute Gasteiger partial charge is 0.177 e. The molecule has 96 valence electrons. The third-order valence-corrected chi connectivity index (χ3v) is 2.31. The van der Waals surface area contributed by atoms with Crippen LogP contribution in [0.15, 0.2) is 18.2 Å². The number of ether oxygens (including phenoxy) is 2.